The van der Waals surface area contributed by atoms with Crippen LogP contribution in [-0.2, 0) is 16.0 Å². The summed E-state index contributed by atoms with van der Waals surface area (Å²) in [6, 6.07) is 31.7. The Morgan fingerprint density at radius 3 is 2.08 bits per heavy atom. The summed E-state index contributed by atoms with van der Waals surface area (Å²) in [7, 11) is 1.63. The van der Waals surface area contributed by atoms with Crippen LogP contribution in [0, 0.1) is 0 Å². The highest BCUT2D eigenvalue weighted by atomic mass is 16.5. The van der Waals surface area contributed by atoms with Crippen LogP contribution in [0.3, 0.4) is 0 Å². The first-order chi connectivity index (χ1) is 19.4. The number of amides is 2. The molecule has 0 radical (unpaired) electrons. The lowest BCUT2D eigenvalue weighted by Gasteiger charge is -2.18. The fourth-order valence-electron chi connectivity index (χ4n) is 4.37. The van der Waals surface area contributed by atoms with Crippen molar-refractivity contribution in [3.05, 3.63) is 114 Å². The van der Waals surface area contributed by atoms with E-state index in [1.807, 2.05) is 84.9 Å². The lowest BCUT2D eigenvalue weighted by Crippen LogP contribution is -2.47. The summed E-state index contributed by atoms with van der Waals surface area (Å²) in [6.07, 6.45) is 0.327. The second-order valence-corrected chi connectivity index (χ2v) is 9.37. The summed E-state index contributed by atoms with van der Waals surface area (Å²) < 4.78 is 5.23. The topological polar surface area (TPSA) is 105 Å². The van der Waals surface area contributed by atoms with Crippen molar-refractivity contribution >= 4 is 17.8 Å². The first kappa shape index (κ1) is 28.1. The van der Waals surface area contributed by atoms with E-state index in [4.69, 9.17) is 9.84 Å². The van der Waals surface area contributed by atoms with E-state index in [1.165, 1.54) is 0 Å². The molecule has 0 aliphatic rings. The molecule has 40 heavy (non-hydrogen) atoms. The third kappa shape index (κ3) is 7.80. The second-order valence-electron chi connectivity index (χ2n) is 9.37. The molecule has 0 fully saturated rings. The van der Waals surface area contributed by atoms with Gasteiger partial charge in [0.2, 0.25) is 5.91 Å². The van der Waals surface area contributed by atoms with Gasteiger partial charge in [-0.05, 0) is 64.9 Å². The zero-order valence-electron chi connectivity index (χ0n) is 22.3. The number of carboxylic acids is 1. The maximum Gasteiger partial charge on any atom is 0.303 e. The SMILES string of the molecule is COc1ccc(-c2cccc(CCNC(=O)[C@H](CCC(=O)O)NC(=O)c3ccc(-c4ccccc4)cc3)c2)cc1. The molecule has 0 heterocycles. The van der Waals surface area contributed by atoms with Gasteiger partial charge in [-0.25, -0.2) is 0 Å². The van der Waals surface area contributed by atoms with Gasteiger partial charge in [0.05, 0.1) is 7.11 Å². The van der Waals surface area contributed by atoms with Crippen LogP contribution in [0.2, 0.25) is 0 Å². The van der Waals surface area contributed by atoms with E-state index in [-0.39, 0.29) is 12.8 Å². The molecule has 4 aromatic carbocycles. The molecule has 0 saturated heterocycles. The molecule has 0 aromatic heterocycles. The van der Waals surface area contributed by atoms with Crippen molar-refractivity contribution in [1.29, 1.82) is 0 Å². The minimum Gasteiger partial charge on any atom is -0.497 e. The molecular formula is C33H32N2O5. The van der Waals surface area contributed by atoms with E-state index in [2.05, 4.69) is 16.7 Å². The van der Waals surface area contributed by atoms with Crippen molar-refractivity contribution in [3.8, 4) is 28.0 Å². The molecule has 7 nitrogen and oxygen atoms in total. The van der Waals surface area contributed by atoms with Gasteiger partial charge in [0, 0.05) is 18.5 Å². The molecule has 0 unspecified atom stereocenters. The van der Waals surface area contributed by atoms with Crippen molar-refractivity contribution in [2.45, 2.75) is 25.3 Å². The Balaban J connectivity index is 1.36. The van der Waals surface area contributed by atoms with Crippen LogP contribution in [0.4, 0.5) is 0 Å². The van der Waals surface area contributed by atoms with Gasteiger partial charge in [0.15, 0.2) is 0 Å². The summed E-state index contributed by atoms with van der Waals surface area (Å²) in [5.41, 5.74) is 5.54. The number of aliphatic carboxylic acids is 1. The zero-order chi connectivity index (χ0) is 28.3. The average molecular weight is 537 g/mol. The largest absolute Gasteiger partial charge is 0.497 e. The number of hydrogen-bond acceptors (Lipinski definition) is 4. The Bertz CT molecular complexity index is 1430. The molecule has 1 atom stereocenters. The Labute approximate surface area is 233 Å². The van der Waals surface area contributed by atoms with Crippen LogP contribution in [0.1, 0.15) is 28.8 Å². The highest BCUT2D eigenvalue weighted by Crippen LogP contribution is 2.23. The normalized spacial score (nSPS) is 11.3. The number of carbonyl (C=O) groups excluding carboxylic acids is 2. The van der Waals surface area contributed by atoms with Crippen molar-refractivity contribution in [2.75, 3.05) is 13.7 Å². The monoisotopic (exact) mass is 536 g/mol. The standard InChI is InChI=1S/C33H32N2O5/c1-40-29-16-14-26(15-17-29)28-9-5-6-23(22-28)20-21-34-33(39)30(18-19-31(36)37)35-32(38)27-12-10-25(11-13-27)24-7-3-2-4-8-24/h2-17,22,30H,18-21H2,1H3,(H,34,39)(H,35,38)(H,36,37)/t30-/m0/s1. The van der Waals surface area contributed by atoms with Crippen molar-refractivity contribution < 1.29 is 24.2 Å². The highest BCUT2D eigenvalue weighted by molar-refractivity contribution is 5.98. The number of nitrogens with one attached hydrogen (secondary N) is 2. The second kappa shape index (κ2) is 13.8. The number of methoxy groups -OCH3 is 1. The fraction of sp³-hybridized carbons (Fsp3) is 0.182. The van der Waals surface area contributed by atoms with E-state index in [1.54, 1.807) is 19.2 Å². The van der Waals surface area contributed by atoms with Gasteiger partial charge >= 0.3 is 5.97 Å². The third-order valence-electron chi connectivity index (χ3n) is 6.59. The van der Waals surface area contributed by atoms with Crippen molar-refractivity contribution in [1.82, 2.24) is 10.6 Å². The van der Waals surface area contributed by atoms with E-state index in [0.29, 0.717) is 18.5 Å². The van der Waals surface area contributed by atoms with Gasteiger partial charge in [-0.3, -0.25) is 14.4 Å². The molecule has 2 amide bonds. The number of hydrogen-bond donors (Lipinski definition) is 3. The average Bonchev–Trinajstić information content (AvgIpc) is 2.99. The summed E-state index contributed by atoms with van der Waals surface area (Å²) >= 11 is 0. The van der Waals surface area contributed by atoms with E-state index < -0.39 is 23.8 Å². The molecule has 0 aliphatic carbocycles. The van der Waals surface area contributed by atoms with E-state index in [9.17, 15) is 14.4 Å². The molecule has 4 aromatic rings. The highest BCUT2D eigenvalue weighted by Gasteiger charge is 2.22. The summed E-state index contributed by atoms with van der Waals surface area (Å²) in [6.45, 7) is 0.343. The smallest absolute Gasteiger partial charge is 0.303 e. The van der Waals surface area contributed by atoms with Crippen LogP contribution in [0.5, 0.6) is 5.75 Å². The molecule has 204 valence electrons. The first-order valence-corrected chi connectivity index (χ1v) is 13.1. The predicted octanol–water partition coefficient (Wildman–Crippen LogP) is 5.35. The van der Waals surface area contributed by atoms with Gasteiger partial charge in [0.1, 0.15) is 11.8 Å². The van der Waals surface area contributed by atoms with Crippen molar-refractivity contribution in [2.24, 2.45) is 0 Å². The lowest BCUT2D eigenvalue weighted by molar-refractivity contribution is -0.137. The Morgan fingerprint density at radius 1 is 0.775 bits per heavy atom. The zero-order valence-corrected chi connectivity index (χ0v) is 22.3. The lowest BCUT2D eigenvalue weighted by atomic mass is 10.0. The van der Waals surface area contributed by atoms with E-state index in [0.717, 1.165) is 33.6 Å². The maximum absolute atomic E-state index is 13.0. The number of carbonyl (C=O) groups is 3. The molecule has 4 rings (SSSR count). The molecule has 3 N–H and O–H groups in total. The Hall–Kier alpha value is -4.91. The molecule has 7 heteroatoms. The number of carboxylic acid groups (broad SMARTS) is 1. The molecule has 0 spiro atoms. The van der Waals surface area contributed by atoms with Gasteiger partial charge in [0.25, 0.3) is 5.91 Å². The molecule has 0 saturated carbocycles. The van der Waals surface area contributed by atoms with Gasteiger partial charge in [-0.15, -0.1) is 0 Å². The first-order valence-electron chi connectivity index (χ1n) is 13.1. The summed E-state index contributed by atoms with van der Waals surface area (Å²) in [5.74, 6) is -1.09. The minimum absolute atomic E-state index is 0.0119. The Kier molecular flexibility index (Phi) is 9.67. The van der Waals surface area contributed by atoms with Crippen LogP contribution >= 0.6 is 0 Å². The van der Waals surface area contributed by atoms with Gasteiger partial charge in [-0.2, -0.15) is 0 Å². The van der Waals surface area contributed by atoms with Crippen LogP contribution < -0.4 is 15.4 Å². The molecular weight excluding hydrogens is 504 g/mol. The van der Waals surface area contributed by atoms with Crippen molar-refractivity contribution in [3.63, 3.8) is 0 Å². The van der Waals surface area contributed by atoms with Gasteiger partial charge < -0.3 is 20.5 Å². The minimum atomic E-state index is -1.03. The van der Waals surface area contributed by atoms with Crippen LogP contribution in [0.15, 0.2) is 103 Å². The van der Waals surface area contributed by atoms with Crippen LogP contribution in [-0.4, -0.2) is 42.6 Å². The van der Waals surface area contributed by atoms with Gasteiger partial charge in [-0.1, -0.05) is 78.9 Å². The number of benzene rings is 4. The Morgan fingerprint density at radius 2 is 1.40 bits per heavy atom. The number of rotatable bonds is 12. The van der Waals surface area contributed by atoms with Crippen LogP contribution in [0.25, 0.3) is 22.3 Å². The fourth-order valence-corrected chi connectivity index (χ4v) is 4.37. The predicted molar refractivity (Wildman–Crippen MR) is 155 cm³/mol. The number of ether oxygens (including phenoxy) is 1. The third-order valence-corrected chi connectivity index (χ3v) is 6.59. The quantitative estimate of drug-likeness (QED) is 0.226. The maximum atomic E-state index is 13.0. The summed E-state index contributed by atoms with van der Waals surface area (Å²) in [4.78, 5) is 37.1. The van der Waals surface area contributed by atoms with E-state index >= 15 is 0 Å². The molecule has 0 bridgehead atoms. The summed E-state index contributed by atoms with van der Waals surface area (Å²) in [5, 5.41) is 14.7. The molecule has 0 aliphatic heterocycles.